The third kappa shape index (κ3) is 4.50. The van der Waals surface area contributed by atoms with E-state index in [-0.39, 0.29) is 24.5 Å². The second-order valence-corrected chi connectivity index (χ2v) is 7.73. The molecule has 0 saturated heterocycles. The number of carboxylic acid groups (broad SMARTS) is 1. The number of halogens is 2. The predicted octanol–water partition coefficient (Wildman–Crippen LogP) is 0.618. The number of aliphatic carboxylic acids is 1. The van der Waals surface area contributed by atoms with Crippen molar-refractivity contribution in [2.75, 3.05) is 13.1 Å². The van der Waals surface area contributed by atoms with Crippen LogP contribution < -0.4 is 22.3 Å². The monoisotopic (exact) mass is 450 g/mol. The lowest BCUT2D eigenvalue weighted by molar-refractivity contribution is -0.150. The lowest BCUT2D eigenvalue weighted by atomic mass is 9.95. The van der Waals surface area contributed by atoms with Gasteiger partial charge in [-0.25, -0.2) is 23.4 Å². The zero-order chi connectivity index (χ0) is 23.6. The van der Waals surface area contributed by atoms with Gasteiger partial charge in [0.05, 0.1) is 11.0 Å². The molecule has 0 spiro atoms. The minimum atomic E-state index is -3.18. The van der Waals surface area contributed by atoms with Gasteiger partial charge in [-0.3, -0.25) is 9.78 Å². The molecule has 2 aliphatic rings. The summed E-state index contributed by atoms with van der Waals surface area (Å²) >= 11 is 0. The van der Waals surface area contributed by atoms with Crippen molar-refractivity contribution < 1.29 is 18.7 Å². The molecule has 2 heterocycles. The van der Waals surface area contributed by atoms with Gasteiger partial charge in [-0.05, 0) is 56.5 Å². The van der Waals surface area contributed by atoms with Crippen molar-refractivity contribution in [1.29, 1.82) is 0 Å². The van der Waals surface area contributed by atoms with Gasteiger partial charge in [0.1, 0.15) is 0 Å². The fourth-order valence-corrected chi connectivity index (χ4v) is 3.41. The largest absolute Gasteiger partial charge is 0.480 e. The third-order valence-corrected chi connectivity index (χ3v) is 5.47. The molecule has 0 unspecified atom stereocenters. The Kier molecular flexibility index (Phi) is 6.65. The number of fused-ring (bicyclic) bond motifs is 2. The van der Waals surface area contributed by atoms with Gasteiger partial charge in [-0.15, -0.1) is 0 Å². The maximum absolute atomic E-state index is 13.0. The highest BCUT2D eigenvalue weighted by atomic mass is 19.3. The van der Waals surface area contributed by atoms with Crippen LogP contribution in [0.1, 0.15) is 24.0 Å². The molecule has 1 aromatic rings. The summed E-state index contributed by atoms with van der Waals surface area (Å²) in [5.74, 6) is -1.60. The average Bonchev–Trinajstić information content (AvgIpc) is 2.71. The summed E-state index contributed by atoms with van der Waals surface area (Å²) in [5, 5.41) is 12.0. The van der Waals surface area contributed by atoms with E-state index < -0.39 is 35.6 Å². The molecular formula is C20H24F2N6O4. The zero-order valence-electron chi connectivity index (χ0n) is 17.6. The number of carboxylic acids is 1. The number of rotatable bonds is 9. The van der Waals surface area contributed by atoms with Crippen LogP contribution in [0.2, 0.25) is 0 Å². The highest BCUT2D eigenvalue weighted by Crippen LogP contribution is 2.23. The van der Waals surface area contributed by atoms with Crippen LogP contribution in [-0.4, -0.2) is 55.6 Å². The molecule has 3 rings (SSSR count). The van der Waals surface area contributed by atoms with Crippen LogP contribution in [0, 0.1) is 13.8 Å². The zero-order valence-corrected chi connectivity index (χ0v) is 17.6. The normalized spacial score (nSPS) is 13.7. The maximum Gasteiger partial charge on any atom is 0.349 e. The molecule has 0 amide bonds. The first-order chi connectivity index (χ1) is 15.0. The summed E-state index contributed by atoms with van der Waals surface area (Å²) in [7, 11) is 0. The minimum absolute atomic E-state index is 0.0339. The second-order valence-electron chi connectivity index (χ2n) is 7.73. The fraction of sp³-hybridized carbons (Fsp3) is 0.450. The number of hydrogen-bond donors (Lipinski definition) is 4. The highest BCUT2D eigenvalue weighted by molar-refractivity contribution is 5.81. The standard InChI is InChI=1S/C20H24F2N6O4/c1-10-8-12-13(9-11(10)2)28(15-14(25-12)16(29)27-19(32)26-15)7-6-24-5-3-4-20(23,17(21)22)18(30)31/h8-9,17,24H,3-7,23H2,1-2H3,(H,30,31)(H,27,29,32)/t20-/m1/s1. The van der Waals surface area contributed by atoms with E-state index in [0.717, 1.165) is 11.1 Å². The minimum Gasteiger partial charge on any atom is -0.480 e. The summed E-state index contributed by atoms with van der Waals surface area (Å²) in [6.07, 6.45) is -3.45. The molecule has 12 heteroatoms. The van der Waals surface area contributed by atoms with Crippen molar-refractivity contribution in [1.82, 2.24) is 24.8 Å². The molecule has 1 aromatic carbocycles. The van der Waals surface area contributed by atoms with Gasteiger partial charge in [-0.2, -0.15) is 4.98 Å². The Morgan fingerprint density at radius 3 is 2.59 bits per heavy atom. The van der Waals surface area contributed by atoms with Gasteiger partial charge in [0.25, 0.3) is 12.0 Å². The molecule has 0 saturated carbocycles. The summed E-state index contributed by atoms with van der Waals surface area (Å²) in [6, 6.07) is 3.73. The van der Waals surface area contributed by atoms with Crippen LogP contribution in [0.25, 0.3) is 22.6 Å². The Morgan fingerprint density at radius 1 is 1.25 bits per heavy atom. The van der Waals surface area contributed by atoms with E-state index in [1.165, 1.54) is 0 Å². The SMILES string of the molecule is Cc1cc2nc3c(=O)[nH]c(=O)nc-3n(CCNCCC[C@](N)(C(=O)O)C(F)F)c2cc1C. The van der Waals surface area contributed by atoms with E-state index in [1.807, 2.05) is 26.0 Å². The van der Waals surface area contributed by atoms with Crippen LogP contribution >= 0.6 is 0 Å². The number of aromatic nitrogens is 4. The first-order valence-corrected chi connectivity index (χ1v) is 9.97. The number of nitrogens with zero attached hydrogens (tertiary/aromatic N) is 3. The molecule has 10 nitrogen and oxygen atoms in total. The van der Waals surface area contributed by atoms with Crippen LogP contribution in [0.15, 0.2) is 21.7 Å². The molecule has 2 aliphatic heterocycles. The number of carbonyl (C=O) groups is 1. The van der Waals surface area contributed by atoms with E-state index in [4.69, 9.17) is 10.8 Å². The summed E-state index contributed by atoms with van der Waals surface area (Å²) in [4.78, 5) is 45.5. The molecule has 0 radical (unpaired) electrons. The van der Waals surface area contributed by atoms with Gasteiger partial charge < -0.3 is 20.7 Å². The number of nitrogens with two attached hydrogens (primary N) is 1. The lowest BCUT2D eigenvalue weighted by Crippen LogP contribution is -2.54. The van der Waals surface area contributed by atoms with Crippen molar-refractivity contribution in [3.8, 4) is 11.5 Å². The number of benzene rings is 1. The van der Waals surface area contributed by atoms with E-state index in [9.17, 15) is 23.2 Å². The van der Waals surface area contributed by atoms with E-state index >= 15 is 0 Å². The quantitative estimate of drug-likeness (QED) is 0.273. The number of H-pyrrole nitrogens is 1. The van der Waals surface area contributed by atoms with Crippen molar-refractivity contribution in [3.05, 3.63) is 44.1 Å². The number of alkyl halides is 2. The highest BCUT2D eigenvalue weighted by Gasteiger charge is 2.43. The molecule has 172 valence electrons. The van der Waals surface area contributed by atoms with Gasteiger partial charge in [0.15, 0.2) is 17.1 Å². The van der Waals surface area contributed by atoms with E-state index in [2.05, 4.69) is 20.3 Å². The average molecular weight is 450 g/mol. The Morgan fingerprint density at radius 2 is 1.94 bits per heavy atom. The summed E-state index contributed by atoms with van der Waals surface area (Å²) in [5.41, 5.74) is 4.57. The van der Waals surface area contributed by atoms with Crippen LogP contribution in [-0.2, 0) is 11.3 Å². The van der Waals surface area contributed by atoms with Crippen molar-refractivity contribution in [2.45, 2.75) is 45.2 Å². The lowest BCUT2D eigenvalue weighted by Gasteiger charge is -2.23. The van der Waals surface area contributed by atoms with Crippen molar-refractivity contribution >= 4 is 17.0 Å². The number of aromatic amines is 1. The molecule has 0 fully saturated rings. The van der Waals surface area contributed by atoms with Crippen molar-refractivity contribution in [2.24, 2.45) is 5.73 Å². The Balaban J connectivity index is 1.80. The van der Waals surface area contributed by atoms with Gasteiger partial charge in [0, 0.05) is 13.1 Å². The van der Waals surface area contributed by atoms with Gasteiger partial charge in [-0.1, -0.05) is 0 Å². The Labute approximate surface area is 180 Å². The van der Waals surface area contributed by atoms with Crippen LogP contribution in [0.4, 0.5) is 8.78 Å². The smallest absolute Gasteiger partial charge is 0.349 e. The molecule has 0 aliphatic carbocycles. The third-order valence-electron chi connectivity index (χ3n) is 5.47. The van der Waals surface area contributed by atoms with Gasteiger partial charge in [0.2, 0.25) is 0 Å². The Hall–Kier alpha value is -3.25. The molecule has 0 aromatic heterocycles. The van der Waals surface area contributed by atoms with Crippen LogP contribution in [0.5, 0.6) is 0 Å². The van der Waals surface area contributed by atoms with Crippen LogP contribution in [0.3, 0.4) is 0 Å². The molecule has 0 bridgehead atoms. The number of aryl methyl sites for hydroxylation is 2. The molecular weight excluding hydrogens is 426 g/mol. The fourth-order valence-electron chi connectivity index (χ4n) is 3.41. The second kappa shape index (κ2) is 9.09. The Bertz CT molecular complexity index is 1240. The number of nitrogens with one attached hydrogen (secondary N) is 2. The maximum atomic E-state index is 13.0. The first kappa shape index (κ1) is 23.4. The summed E-state index contributed by atoms with van der Waals surface area (Å²) in [6.45, 7) is 4.74. The van der Waals surface area contributed by atoms with E-state index in [1.54, 1.807) is 4.57 Å². The van der Waals surface area contributed by atoms with Gasteiger partial charge >= 0.3 is 11.7 Å². The van der Waals surface area contributed by atoms with E-state index in [0.29, 0.717) is 24.1 Å². The molecule has 1 atom stereocenters. The summed E-state index contributed by atoms with van der Waals surface area (Å²) < 4.78 is 27.6. The molecule has 32 heavy (non-hydrogen) atoms. The predicted molar refractivity (Wildman–Crippen MR) is 113 cm³/mol. The number of hydrogen-bond acceptors (Lipinski definition) is 7. The first-order valence-electron chi connectivity index (χ1n) is 9.97. The molecule has 5 N–H and O–H groups in total. The topological polar surface area (TPSA) is 156 Å². The van der Waals surface area contributed by atoms with Crippen molar-refractivity contribution in [3.63, 3.8) is 0 Å².